The number of hydrogen-bond acceptors (Lipinski definition) is 4. The molecule has 0 saturated heterocycles. The van der Waals surface area contributed by atoms with Crippen LogP contribution < -0.4 is 11.1 Å². The molecule has 92 valence electrons. The van der Waals surface area contributed by atoms with Crippen LogP contribution in [0.2, 0.25) is 5.02 Å². The van der Waals surface area contributed by atoms with E-state index in [0.29, 0.717) is 0 Å². The van der Waals surface area contributed by atoms with E-state index >= 15 is 0 Å². The molecule has 3 N–H and O–H groups in total. The average Bonchev–Trinajstić information content (AvgIpc) is 2.28. The van der Waals surface area contributed by atoms with Gasteiger partial charge in [-0.15, -0.1) is 0 Å². The predicted octanol–water partition coefficient (Wildman–Crippen LogP) is 1.33. The minimum Gasteiger partial charge on any atom is -0.348 e. The molecule has 0 aliphatic heterocycles. The summed E-state index contributed by atoms with van der Waals surface area (Å²) in [4.78, 5) is 21.9. The number of carbonyl (C=O) groups is 1. The second-order valence-electron chi connectivity index (χ2n) is 3.53. The molecular formula is C10H12ClN3O3. The third-order valence-electron chi connectivity index (χ3n) is 2.13. The van der Waals surface area contributed by atoms with Gasteiger partial charge in [0.05, 0.1) is 4.92 Å². The van der Waals surface area contributed by atoms with Crippen LogP contribution >= 0.6 is 11.6 Å². The zero-order valence-corrected chi connectivity index (χ0v) is 9.90. The van der Waals surface area contributed by atoms with Crippen molar-refractivity contribution in [1.29, 1.82) is 0 Å². The fourth-order valence-corrected chi connectivity index (χ4v) is 1.37. The van der Waals surface area contributed by atoms with Crippen molar-refractivity contribution < 1.29 is 9.72 Å². The monoisotopic (exact) mass is 257 g/mol. The van der Waals surface area contributed by atoms with Crippen LogP contribution in [0.25, 0.3) is 0 Å². The van der Waals surface area contributed by atoms with Crippen molar-refractivity contribution in [3.63, 3.8) is 0 Å². The maximum Gasteiger partial charge on any atom is 0.283 e. The maximum atomic E-state index is 11.7. The van der Waals surface area contributed by atoms with E-state index in [0.717, 1.165) is 6.07 Å². The van der Waals surface area contributed by atoms with Gasteiger partial charge in [-0.05, 0) is 19.1 Å². The van der Waals surface area contributed by atoms with Crippen molar-refractivity contribution in [3.05, 3.63) is 38.9 Å². The fourth-order valence-electron chi connectivity index (χ4n) is 1.21. The zero-order valence-electron chi connectivity index (χ0n) is 9.14. The molecule has 1 aromatic carbocycles. The van der Waals surface area contributed by atoms with Gasteiger partial charge in [0.25, 0.3) is 11.6 Å². The van der Waals surface area contributed by atoms with Crippen molar-refractivity contribution in [2.24, 2.45) is 5.73 Å². The maximum absolute atomic E-state index is 11.7. The molecule has 0 unspecified atom stereocenters. The molecule has 1 amide bonds. The van der Waals surface area contributed by atoms with E-state index in [9.17, 15) is 14.9 Å². The first kappa shape index (κ1) is 13.4. The van der Waals surface area contributed by atoms with Gasteiger partial charge in [-0.2, -0.15) is 0 Å². The second kappa shape index (κ2) is 5.60. The molecule has 6 nitrogen and oxygen atoms in total. The first-order chi connectivity index (χ1) is 7.95. The molecule has 0 radical (unpaired) electrons. The fraction of sp³-hybridized carbons (Fsp3) is 0.300. The summed E-state index contributed by atoms with van der Waals surface area (Å²) in [5, 5.41) is 13.5. The molecule has 7 heteroatoms. The summed E-state index contributed by atoms with van der Waals surface area (Å²) in [6.45, 7) is 1.97. The Hall–Kier alpha value is -1.66. The van der Waals surface area contributed by atoms with Gasteiger partial charge in [0.2, 0.25) is 0 Å². The number of halogens is 1. The van der Waals surface area contributed by atoms with Gasteiger partial charge in [0.15, 0.2) is 0 Å². The Balaban J connectivity index is 3.04. The first-order valence-corrected chi connectivity index (χ1v) is 5.28. The van der Waals surface area contributed by atoms with Crippen molar-refractivity contribution in [2.75, 3.05) is 6.54 Å². The number of nitrogens with zero attached hydrogens (tertiary/aromatic N) is 1. The molecule has 0 aromatic heterocycles. The number of nitro groups is 1. The molecule has 0 bridgehead atoms. The zero-order chi connectivity index (χ0) is 13.0. The van der Waals surface area contributed by atoms with Crippen LogP contribution in [-0.2, 0) is 0 Å². The summed E-state index contributed by atoms with van der Waals surface area (Å²) in [5.41, 5.74) is 5.00. The summed E-state index contributed by atoms with van der Waals surface area (Å²) in [6, 6.07) is 3.64. The van der Waals surface area contributed by atoms with Crippen LogP contribution in [0.5, 0.6) is 0 Å². The smallest absolute Gasteiger partial charge is 0.283 e. The number of rotatable bonds is 4. The highest BCUT2D eigenvalue weighted by Crippen LogP contribution is 2.23. The second-order valence-corrected chi connectivity index (χ2v) is 3.97. The van der Waals surface area contributed by atoms with Gasteiger partial charge in [-0.1, -0.05) is 11.6 Å². The molecule has 1 rings (SSSR count). The average molecular weight is 258 g/mol. The quantitative estimate of drug-likeness (QED) is 0.628. The van der Waals surface area contributed by atoms with Crippen molar-refractivity contribution in [3.8, 4) is 0 Å². The number of amides is 1. The standard InChI is InChI=1S/C10H12ClN3O3/c1-6(5-12)13-10(15)8-3-2-7(11)4-9(8)14(16)17/h2-4,6H,5,12H2,1H3,(H,13,15)/t6-/m0/s1. The lowest BCUT2D eigenvalue weighted by Gasteiger charge is -2.11. The van der Waals surface area contributed by atoms with Crippen LogP contribution in [-0.4, -0.2) is 23.4 Å². The topological polar surface area (TPSA) is 98.3 Å². The summed E-state index contributed by atoms with van der Waals surface area (Å²) >= 11 is 5.64. The molecule has 0 fully saturated rings. The summed E-state index contributed by atoms with van der Waals surface area (Å²) in [6.07, 6.45) is 0. The molecule has 0 aliphatic rings. The van der Waals surface area contributed by atoms with E-state index in [1.807, 2.05) is 0 Å². The lowest BCUT2D eigenvalue weighted by Crippen LogP contribution is -2.38. The molecule has 0 spiro atoms. The Kier molecular flexibility index (Phi) is 4.42. The van der Waals surface area contributed by atoms with E-state index in [1.165, 1.54) is 12.1 Å². The van der Waals surface area contributed by atoms with Crippen molar-refractivity contribution in [1.82, 2.24) is 5.32 Å². The molecule has 17 heavy (non-hydrogen) atoms. The molecular weight excluding hydrogens is 246 g/mol. The van der Waals surface area contributed by atoms with Crippen LogP contribution in [0, 0.1) is 10.1 Å². The van der Waals surface area contributed by atoms with E-state index in [-0.39, 0.29) is 28.9 Å². The third kappa shape index (κ3) is 3.40. The van der Waals surface area contributed by atoms with E-state index in [4.69, 9.17) is 17.3 Å². The molecule has 1 atom stereocenters. The van der Waals surface area contributed by atoms with E-state index < -0.39 is 10.8 Å². The van der Waals surface area contributed by atoms with Crippen LogP contribution in [0.15, 0.2) is 18.2 Å². The first-order valence-electron chi connectivity index (χ1n) is 4.90. The minimum absolute atomic E-state index is 0.0281. The van der Waals surface area contributed by atoms with Crippen LogP contribution in [0.4, 0.5) is 5.69 Å². The Morgan fingerprint density at radius 1 is 1.65 bits per heavy atom. The van der Waals surface area contributed by atoms with Gasteiger partial charge in [0.1, 0.15) is 5.56 Å². The molecule has 1 aromatic rings. The number of carbonyl (C=O) groups excluding carboxylic acids is 1. The van der Waals surface area contributed by atoms with Gasteiger partial charge >= 0.3 is 0 Å². The number of nitro benzene ring substituents is 1. The number of nitrogens with two attached hydrogens (primary N) is 1. The Labute approximate surface area is 103 Å². The normalized spacial score (nSPS) is 11.9. The summed E-state index contributed by atoms with van der Waals surface area (Å²) in [5.74, 6) is -0.536. The number of nitrogens with one attached hydrogen (secondary N) is 1. The predicted molar refractivity (Wildman–Crippen MR) is 64.1 cm³/mol. The highest BCUT2D eigenvalue weighted by molar-refractivity contribution is 6.31. The molecule has 0 saturated carbocycles. The lowest BCUT2D eigenvalue weighted by molar-refractivity contribution is -0.385. The van der Waals surface area contributed by atoms with Crippen molar-refractivity contribution >= 4 is 23.2 Å². The van der Waals surface area contributed by atoms with Crippen LogP contribution in [0.3, 0.4) is 0 Å². The van der Waals surface area contributed by atoms with Crippen molar-refractivity contribution in [2.45, 2.75) is 13.0 Å². The highest BCUT2D eigenvalue weighted by Gasteiger charge is 2.21. The Morgan fingerprint density at radius 3 is 2.82 bits per heavy atom. The largest absolute Gasteiger partial charge is 0.348 e. The Morgan fingerprint density at radius 2 is 2.29 bits per heavy atom. The van der Waals surface area contributed by atoms with Gasteiger partial charge in [0, 0.05) is 23.7 Å². The third-order valence-corrected chi connectivity index (χ3v) is 2.37. The lowest BCUT2D eigenvalue weighted by atomic mass is 10.1. The number of hydrogen-bond donors (Lipinski definition) is 2. The van der Waals surface area contributed by atoms with E-state index in [1.54, 1.807) is 6.92 Å². The van der Waals surface area contributed by atoms with Gasteiger partial charge in [-0.3, -0.25) is 14.9 Å². The SMILES string of the molecule is C[C@@H](CN)NC(=O)c1ccc(Cl)cc1[N+](=O)[O-]. The Bertz CT molecular complexity index is 450. The molecule has 0 aliphatic carbocycles. The van der Waals surface area contributed by atoms with E-state index in [2.05, 4.69) is 5.32 Å². The highest BCUT2D eigenvalue weighted by atomic mass is 35.5. The summed E-state index contributed by atoms with van der Waals surface area (Å²) < 4.78 is 0. The van der Waals surface area contributed by atoms with Gasteiger partial charge in [-0.25, -0.2) is 0 Å². The molecule has 0 heterocycles. The minimum atomic E-state index is -0.645. The summed E-state index contributed by atoms with van der Waals surface area (Å²) in [7, 11) is 0. The van der Waals surface area contributed by atoms with Crippen LogP contribution in [0.1, 0.15) is 17.3 Å². The number of benzene rings is 1. The van der Waals surface area contributed by atoms with Gasteiger partial charge < -0.3 is 11.1 Å².